The van der Waals surface area contributed by atoms with Gasteiger partial charge < -0.3 is 28.6 Å². The van der Waals surface area contributed by atoms with Gasteiger partial charge in [0.25, 0.3) is 0 Å². The molecule has 0 rings (SSSR count). The zero-order valence-corrected chi connectivity index (χ0v) is 30.2. The summed E-state index contributed by atoms with van der Waals surface area (Å²) in [7, 11) is 5.36. The maximum absolute atomic E-state index is 12.5. The average molecular weight is 660 g/mol. The molecule has 2 unspecified atom stereocenters. The maximum atomic E-state index is 12.5. The van der Waals surface area contributed by atoms with Gasteiger partial charge in [0.2, 0.25) is 0 Å². The van der Waals surface area contributed by atoms with Crippen LogP contribution >= 0.6 is 0 Å². The van der Waals surface area contributed by atoms with Gasteiger partial charge in [-0.3, -0.25) is 9.59 Å². The Labute approximate surface area is 286 Å². The first kappa shape index (κ1) is 44.0. The van der Waals surface area contributed by atoms with Crippen LogP contribution < -0.4 is 5.11 Å². The topological polar surface area (TPSA) is 102 Å². The van der Waals surface area contributed by atoms with Crippen molar-refractivity contribution < 1.29 is 38.2 Å². The van der Waals surface area contributed by atoms with Crippen LogP contribution in [0.25, 0.3) is 0 Å². The van der Waals surface area contributed by atoms with Gasteiger partial charge in [-0.1, -0.05) is 87.4 Å². The molecule has 0 aliphatic rings. The van der Waals surface area contributed by atoms with Gasteiger partial charge in [-0.25, -0.2) is 0 Å². The number of unbranched alkanes of at least 4 members (excludes halogenated alkanes) is 6. The number of carboxylic acids is 1. The lowest BCUT2D eigenvalue weighted by Crippen LogP contribution is -2.55. The van der Waals surface area contributed by atoms with Crippen LogP contribution in [0.4, 0.5) is 0 Å². The molecule has 0 fully saturated rings. The van der Waals surface area contributed by atoms with Crippen molar-refractivity contribution in [3.8, 4) is 0 Å². The summed E-state index contributed by atoms with van der Waals surface area (Å²) in [6, 6.07) is -0.735. The molecule has 0 aromatic carbocycles. The van der Waals surface area contributed by atoms with Crippen molar-refractivity contribution in [2.24, 2.45) is 0 Å². The molecule has 0 N–H and O–H groups in total. The monoisotopic (exact) mass is 659 g/mol. The third kappa shape index (κ3) is 28.9. The second kappa shape index (κ2) is 30.4. The van der Waals surface area contributed by atoms with Gasteiger partial charge in [0, 0.05) is 19.3 Å². The summed E-state index contributed by atoms with van der Waals surface area (Å²) < 4.78 is 17.0. The van der Waals surface area contributed by atoms with Crippen LogP contribution in [0.5, 0.6) is 0 Å². The summed E-state index contributed by atoms with van der Waals surface area (Å²) in [4.78, 5) is 36.5. The summed E-state index contributed by atoms with van der Waals surface area (Å²) in [5.74, 6) is -1.83. The lowest BCUT2D eigenvalue weighted by atomic mass is 10.1. The molecule has 0 radical (unpaired) electrons. The van der Waals surface area contributed by atoms with E-state index < -0.39 is 18.1 Å². The van der Waals surface area contributed by atoms with Crippen molar-refractivity contribution in [2.75, 3.05) is 41.0 Å². The van der Waals surface area contributed by atoms with Gasteiger partial charge in [0.05, 0.1) is 40.3 Å². The number of hydrogen-bond acceptors (Lipinski definition) is 7. The highest BCUT2D eigenvalue weighted by Gasteiger charge is 2.25. The number of carbonyl (C=O) groups excluding carboxylic acids is 3. The van der Waals surface area contributed by atoms with Gasteiger partial charge in [-0.2, -0.15) is 0 Å². The Hall–Kier alpha value is -2.97. The van der Waals surface area contributed by atoms with E-state index in [-0.39, 0.29) is 49.1 Å². The van der Waals surface area contributed by atoms with E-state index >= 15 is 0 Å². The SMILES string of the molecule is CC/C=C/C/C=C/C/C=C/CCCCCCC(=O)OCC(COCCC(C(=O)[O-])[N+](C)(C)C)OC(=O)CCCC/C=C/C/C=C/CC. The molecular weight excluding hydrogens is 594 g/mol. The van der Waals surface area contributed by atoms with E-state index in [9.17, 15) is 19.5 Å². The molecular formula is C39H65NO7. The number of aliphatic carboxylic acids is 1. The average Bonchev–Trinajstić information content (AvgIpc) is 3.01. The predicted octanol–water partition coefficient (Wildman–Crippen LogP) is 7.35. The highest BCUT2D eigenvalue weighted by molar-refractivity contribution is 5.70. The minimum absolute atomic E-state index is 0.0170. The van der Waals surface area contributed by atoms with E-state index in [0.717, 1.165) is 77.0 Å². The lowest BCUT2D eigenvalue weighted by molar-refractivity contribution is -0.889. The summed E-state index contributed by atoms with van der Waals surface area (Å²) in [5, 5.41) is 11.5. The minimum Gasteiger partial charge on any atom is -0.544 e. The van der Waals surface area contributed by atoms with Crippen molar-refractivity contribution in [1.82, 2.24) is 0 Å². The number of likely N-dealkylation sites (N-methyl/N-ethyl adjacent to an activating group) is 1. The van der Waals surface area contributed by atoms with Crippen molar-refractivity contribution in [3.05, 3.63) is 60.8 Å². The quantitative estimate of drug-likeness (QED) is 0.0344. The maximum Gasteiger partial charge on any atom is 0.306 e. The fraction of sp³-hybridized carbons (Fsp3) is 0.667. The van der Waals surface area contributed by atoms with Gasteiger partial charge in [-0.15, -0.1) is 0 Å². The van der Waals surface area contributed by atoms with Crippen LogP contribution in [0, 0.1) is 0 Å². The summed E-state index contributed by atoms with van der Waals surface area (Å²) in [6.07, 6.45) is 34.1. The molecule has 0 bridgehead atoms. The number of rotatable bonds is 30. The Morgan fingerprint density at radius 1 is 0.638 bits per heavy atom. The number of ether oxygens (including phenoxy) is 3. The highest BCUT2D eigenvalue weighted by atomic mass is 16.6. The first-order valence-electron chi connectivity index (χ1n) is 17.8. The Morgan fingerprint density at radius 2 is 1.13 bits per heavy atom. The number of allylic oxidation sites excluding steroid dienone is 10. The molecule has 0 saturated carbocycles. The van der Waals surface area contributed by atoms with Gasteiger partial charge >= 0.3 is 11.9 Å². The van der Waals surface area contributed by atoms with Crippen LogP contribution in [0.3, 0.4) is 0 Å². The van der Waals surface area contributed by atoms with Gasteiger partial charge in [-0.05, 0) is 70.6 Å². The number of esters is 2. The smallest absolute Gasteiger partial charge is 0.306 e. The molecule has 47 heavy (non-hydrogen) atoms. The van der Waals surface area contributed by atoms with Crippen LogP contribution in [0.15, 0.2) is 60.8 Å². The summed E-state index contributed by atoms with van der Waals surface area (Å²) >= 11 is 0. The minimum atomic E-state index is -1.14. The Bertz CT molecular complexity index is 959. The molecule has 8 nitrogen and oxygen atoms in total. The van der Waals surface area contributed by atoms with Gasteiger partial charge in [0.1, 0.15) is 12.6 Å². The number of carboxylic acid groups (broad SMARTS) is 1. The van der Waals surface area contributed by atoms with E-state index in [1.54, 1.807) is 21.1 Å². The molecule has 268 valence electrons. The molecule has 0 aromatic heterocycles. The molecule has 0 spiro atoms. The first-order chi connectivity index (χ1) is 22.6. The van der Waals surface area contributed by atoms with Crippen LogP contribution in [0.1, 0.15) is 117 Å². The predicted molar refractivity (Wildman–Crippen MR) is 189 cm³/mol. The van der Waals surface area contributed by atoms with Crippen LogP contribution in [-0.2, 0) is 28.6 Å². The number of carbonyl (C=O) groups is 3. The Morgan fingerprint density at radius 3 is 1.68 bits per heavy atom. The van der Waals surface area contributed by atoms with Crippen molar-refractivity contribution >= 4 is 17.9 Å². The Balaban J connectivity index is 4.51. The summed E-state index contributed by atoms with van der Waals surface area (Å²) in [5.41, 5.74) is 0. The summed E-state index contributed by atoms with van der Waals surface area (Å²) in [6.45, 7) is 4.32. The van der Waals surface area contributed by atoms with E-state index in [2.05, 4.69) is 74.6 Å². The molecule has 0 saturated heterocycles. The first-order valence-corrected chi connectivity index (χ1v) is 17.8. The number of hydrogen-bond donors (Lipinski definition) is 0. The van der Waals surface area contributed by atoms with E-state index in [1.165, 1.54) is 0 Å². The molecule has 0 heterocycles. The standard InChI is InChI=1S/C39H65NO7/c1-6-8-10-12-14-16-17-18-19-20-22-23-25-27-29-37(41)46-34-35(33-45-32-31-36(39(43)44)40(3,4)5)47-38(42)30-28-26-24-21-15-13-11-9-7-2/h8-11,14-16,18-19,21,35-36H,6-7,12-13,17,20,22-34H2,1-5H3/b10-8+,11-9+,16-14+,19-18+,21-15+. The Kier molecular flexibility index (Phi) is 28.4. The van der Waals surface area contributed by atoms with E-state index in [0.29, 0.717) is 12.8 Å². The normalized spacial score (nSPS) is 13.8. The molecule has 0 aliphatic carbocycles. The zero-order valence-electron chi connectivity index (χ0n) is 30.2. The zero-order chi connectivity index (χ0) is 35.0. The highest BCUT2D eigenvalue weighted by Crippen LogP contribution is 2.11. The second-order valence-electron chi connectivity index (χ2n) is 12.7. The van der Waals surface area contributed by atoms with E-state index in [1.807, 2.05) is 0 Å². The van der Waals surface area contributed by atoms with Gasteiger partial charge in [0.15, 0.2) is 6.10 Å². The fourth-order valence-corrected chi connectivity index (χ4v) is 4.65. The third-order valence-corrected chi connectivity index (χ3v) is 7.40. The number of nitrogens with zero attached hydrogens (tertiary/aromatic N) is 1. The third-order valence-electron chi connectivity index (χ3n) is 7.40. The molecule has 2 atom stereocenters. The molecule has 8 heteroatoms. The lowest BCUT2D eigenvalue weighted by Gasteiger charge is -2.34. The van der Waals surface area contributed by atoms with E-state index in [4.69, 9.17) is 14.2 Å². The molecule has 0 amide bonds. The van der Waals surface area contributed by atoms with Crippen LogP contribution in [0.2, 0.25) is 0 Å². The van der Waals surface area contributed by atoms with Crippen molar-refractivity contribution in [3.63, 3.8) is 0 Å². The van der Waals surface area contributed by atoms with Crippen LogP contribution in [-0.4, -0.2) is 75.5 Å². The second-order valence-corrected chi connectivity index (χ2v) is 12.7. The molecule has 0 aromatic rings. The number of quaternary nitrogens is 1. The molecule has 0 aliphatic heterocycles. The van der Waals surface area contributed by atoms with Crippen molar-refractivity contribution in [1.29, 1.82) is 0 Å². The fourth-order valence-electron chi connectivity index (χ4n) is 4.65. The largest absolute Gasteiger partial charge is 0.544 e. The van der Waals surface area contributed by atoms with Crippen molar-refractivity contribution in [2.45, 2.75) is 129 Å².